The van der Waals surface area contributed by atoms with Crippen molar-refractivity contribution in [3.63, 3.8) is 0 Å². The smallest absolute Gasteiger partial charge is 0.268 e. The van der Waals surface area contributed by atoms with E-state index in [0.29, 0.717) is 4.88 Å². The highest BCUT2D eigenvalue weighted by atomic mass is 32.1. The Balaban J connectivity index is 1.41. The molecular weight excluding hydrogens is 356 g/mol. The van der Waals surface area contributed by atoms with Crippen LogP contribution in [-0.4, -0.2) is 11.8 Å². The van der Waals surface area contributed by atoms with Crippen molar-refractivity contribution in [1.29, 1.82) is 0 Å². The molecule has 134 valence electrons. The number of nitrogens with one attached hydrogen (secondary N) is 2. The van der Waals surface area contributed by atoms with Gasteiger partial charge in [-0.1, -0.05) is 54.6 Å². The van der Waals surface area contributed by atoms with E-state index in [1.807, 2.05) is 48.5 Å². The molecule has 1 aromatic heterocycles. The topological polar surface area (TPSA) is 58.2 Å². The zero-order valence-corrected chi connectivity index (χ0v) is 15.4. The molecule has 0 aliphatic heterocycles. The summed E-state index contributed by atoms with van der Waals surface area (Å²) in [5, 5.41) is 0. The molecule has 5 heteroatoms. The average Bonchev–Trinajstić information content (AvgIpc) is 3.16. The van der Waals surface area contributed by atoms with E-state index in [1.165, 1.54) is 34.1 Å². The molecule has 4 nitrogen and oxygen atoms in total. The maximum atomic E-state index is 12.4. The fraction of sp³-hybridized carbons (Fsp3) is 0.0909. The Kier molecular flexibility index (Phi) is 4.85. The number of benzene rings is 2. The van der Waals surface area contributed by atoms with Gasteiger partial charge in [0.15, 0.2) is 0 Å². The molecule has 1 aliphatic carbocycles. The Hall–Kier alpha value is -3.18. The molecule has 1 heterocycles. The molecule has 2 amide bonds. The average molecular weight is 374 g/mol. The monoisotopic (exact) mass is 374 g/mol. The number of carbonyl (C=O) groups is 2. The highest BCUT2D eigenvalue weighted by Gasteiger charge is 2.21. The molecule has 0 atom stereocenters. The number of carbonyl (C=O) groups excluding carboxylic acids is 2. The Morgan fingerprint density at radius 1 is 0.889 bits per heavy atom. The van der Waals surface area contributed by atoms with E-state index in [1.54, 1.807) is 6.08 Å². The molecule has 0 spiro atoms. The fourth-order valence-electron chi connectivity index (χ4n) is 3.14. The minimum Gasteiger partial charge on any atom is -0.268 e. The lowest BCUT2D eigenvalue weighted by molar-refractivity contribution is -0.117. The van der Waals surface area contributed by atoms with Crippen LogP contribution in [0.3, 0.4) is 0 Å². The van der Waals surface area contributed by atoms with Crippen molar-refractivity contribution >= 4 is 29.2 Å². The predicted molar refractivity (Wildman–Crippen MR) is 108 cm³/mol. The Bertz CT molecular complexity index is 1020. The van der Waals surface area contributed by atoms with Crippen LogP contribution in [0.15, 0.2) is 66.7 Å². The molecule has 4 rings (SSSR count). The number of hydrogen-bond acceptors (Lipinski definition) is 3. The van der Waals surface area contributed by atoms with Gasteiger partial charge in [0.05, 0.1) is 4.88 Å². The van der Waals surface area contributed by atoms with E-state index >= 15 is 0 Å². The molecule has 2 aromatic carbocycles. The van der Waals surface area contributed by atoms with Crippen LogP contribution in [0.5, 0.6) is 0 Å². The van der Waals surface area contributed by atoms with E-state index in [0.717, 1.165) is 23.3 Å². The summed E-state index contributed by atoms with van der Waals surface area (Å²) in [4.78, 5) is 26.1. The van der Waals surface area contributed by atoms with Gasteiger partial charge in [-0.05, 0) is 47.2 Å². The van der Waals surface area contributed by atoms with Crippen molar-refractivity contribution in [2.45, 2.75) is 12.8 Å². The Labute approximate surface area is 161 Å². The summed E-state index contributed by atoms with van der Waals surface area (Å²) in [6, 6.07) is 19.7. The van der Waals surface area contributed by atoms with Crippen molar-refractivity contribution < 1.29 is 9.59 Å². The summed E-state index contributed by atoms with van der Waals surface area (Å²) in [6.45, 7) is 0. The van der Waals surface area contributed by atoms with Crippen molar-refractivity contribution in [3.8, 4) is 10.4 Å². The SMILES string of the molecule is O=C(/C=C/c1ccccc1)NNC(=O)c1cc2c(s1)-c1ccccc1CC2. The standard InChI is InChI=1S/C22H18N2O2S/c25-20(13-10-15-6-2-1-3-7-15)23-24-22(26)19-14-17-12-11-16-8-4-5-9-18(16)21(17)27-19/h1-10,13-14H,11-12H2,(H,23,25)(H,24,26)/b13-10+. The summed E-state index contributed by atoms with van der Waals surface area (Å²) < 4.78 is 0. The maximum Gasteiger partial charge on any atom is 0.279 e. The Morgan fingerprint density at radius 3 is 2.48 bits per heavy atom. The van der Waals surface area contributed by atoms with Crippen LogP contribution in [0.4, 0.5) is 0 Å². The first-order valence-electron chi connectivity index (χ1n) is 8.75. The van der Waals surface area contributed by atoms with Gasteiger partial charge in [-0.15, -0.1) is 11.3 Å². The summed E-state index contributed by atoms with van der Waals surface area (Å²) in [6.07, 6.45) is 5.01. The van der Waals surface area contributed by atoms with Crippen LogP contribution in [0, 0.1) is 0 Å². The lowest BCUT2D eigenvalue weighted by atomic mass is 9.91. The van der Waals surface area contributed by atoms with Gasteiger partial charge in [-0.2, -0.15) is 0 Å². The van der Waals surface area contributed by atoms with Gasteiger partial charge < -0.3 is 0 Å². The zero-order chi connectivity index (χ0) is 18.6. The van der Waals surface area contributed by atoms with Gasteiger partial charge in [-0.3, -0.25) is 20.4 Å². The number of fused-ring (bicyclic) bond motifs is 3. The van der Waals surface area contributed by atoms with E-state index in [9.17, 15) is 9.59 Å². The van der Waals surface area contributed by atoms with E-state index in [-0.39, 0.29) is 11.8 Å². The van der Waals surface area contributed by atoms with Gasteiger partial charge >= 0.3 is 0 Å². The molecule has 0 fully saturated rings. The third kappa shape index (κ3) is 3.83. The quantitative estimate of drug-likeness (QED) is 0.538. The second kappa shape index (κ2) is 7.60. The molecule has 1 aliphatic rings. The number of rotatable bonds is 3. The van der Waals surface area contributed by atoms with Gasteiger partial charge in [0.2, 0.25) is 0 Å². The number of hydrazine groups is 1. The van der Waals surface area contributed by atoms with Gasteiger partial charge in [0.1, 0.15) is 0 Å². The van der Waals surface area contributed by atoms with Crippen LogP contribution in [0.1, 0.15) is 26.4 Å². The van der Waals surface area contributed by atoms with Crippen molar-refractivity contribution in [2.24, 2.45) is 0 Å². The molecule has 0 saturated carbocycles. The highest BCUT2D eigenvalue weighted by Crippen LogP contribution is 2.39. The van der Waals surface area contributed by atoms with Crippen molar-refractivity contribution in [2.75, 3.05) is 0 Å². The first-order valence-corrected chi connectivity index (χ1v) is 9.57. The van der Waals surface area contributed by atoms with Crippen molar-refractivity contribution in [1.82, 2.24) is 10.9 Å². The summed E-state index contributed by atoms with van der Waals surface area (Å²) in [7, 11) is 0. The van der Waals surface area contributed by atoms with Gasteiger partial charge in [-0.25, -0.2) is 0 Å². The van der Waals surface area contributed by atoms with Gasteiger partial charge in [0.25, 0.3) is 11.8 Å². The van der Waals surface area contributed by atoms with Crippen LogP contribution < -0.4 is 10.9 Å². The highest BCUT2D eigenvalue weighted by molar-refractivity contribution is 7.17. The first-order chi connectivity index (χ1) is 13.2. The molecule has 0 bridgehead atoms. The normalized spacial score (nSPS) is 12.3. The van der Waals surface area contributed by atoms with E-state index < -0.39 is 0 Å². The minimum atomic E-state index is -0.376. The number of aryl methyl sites for hydroxylation is 2. The van der Waals surface area contributed by atoms with Crippen molar-refractivity contribution in [3.05, 3.63) is 88.3 Å². The fourth-order valence-corrected chi connectivity index (χ4v) is 4.31. The molecule has 27 heavy (non-hydrogen) atoms. The lowest BCUT2D eigenvalue weighted by Gasteiger charge is -2.15. The van der Waals surface area contributed by atoms with Crippen LogP contribution in [-0.2, 0) is 17.6 Å². The third-order valence-electron chi connectivity index (χ3n) is 4.48. The van der Waals surface area contributed by atoms with E-state index in [2.05, 4.69) is 23.0 Å². The van der Waals surface area contributed by atoms with E-state index in [4.69, 9.17) is 0 Å². The number of hydrogen-bond donors (Lipinski definition) is 2. The second-order valence-electron chi connectivity index (χ2n) is 6.31. The lowest BCUT2D eigenvalue weighted by Crippen LogP contribution is -2.40. The molecule has 0 radical (unpaired) electrons. The predicted octanol–water partition coefficient (Wildman–Crippen LogP) is 3.99. The molecule has 2 N–H and O–H groups in total. The molecular formula is C22H18N2O2S. The maximum absolute atomic E-state index is 12.4. The van der Waals surface area contributed by atoms with Crippen LogP contribution in [0.2, 0.25) is 0 Å². The number of amides is 2. The summed E-state index contributed by atoms with van der Waals surface area (Å²) in [5.74, 6) is -0.674. The zero-order valence-electron chi connectivity index (χ0n) is 14.6. The summed E-state index contributed by atoms with van der Waals surface area (Å²) in [5.41, 5.74) is 9.56. The van der Waals surface area contributed by atoms with Crippen LogP contribution in [0.25, 0.3) is 16.5 Å². The molecule has 0 unspecified atom stereocenters. The molecule has 0 saturated heterocycles. The summed E-state index contributed by atoms with van der Waals surface area (Å²) >= 11 is 1.47. The van der Waals surface area contributed by atoms with Gasteiger partial charge in [0, 0.05) is 11.0 Å². The first kappa shape index (κ1) is 17.2. The minimum absolute atomic E-state index is 0.298. The number of thiophene rings is 1. The Morgan fingerprint density at radius 2 is 1.63 bits per heavy atom. The second-order valence-corrected chi connectivity index (χ2v) is 7.36. The van der Waals surface area contributed by atoms with Crippen LogP contribution >= 0.6 is 11.3 Å². The molecule has 3 aromatic rings. The largest absolute Gasteiger partial charge is 0.279 e. The third-order valence-corrected chi connectivity index (χ3v) is 5.69.